The molecule has 30 heavy (non-hydrogen) atoms. The van der Waals surface area contributed by atoms with Crippen molar-refractivity contribution in [1.82, 2.24) is 25.1 Å². The van der Waals surface area contributed by atoms with E-state index in [-0.39, 0.29) is 17.6 Å². The highest BCUT2D eigenvalue weighted by Gasteiger charge is 2.34. The third-order valence-corrected chi connectivity index (χ3v) is 6.82. The van der Waals surface area contributed by atoms with Crippen molar-refractivity contribution < 1.29 is 9.59 Å². The van der Waals surface area contributed by atoms with Gasteiger partial charge in [0, 0.05) is 51.3 Å². The number of carbonyl (C=O) groups excluding carboxylic acids is 2. The largest absolute Gasteiger partial charge is 0.354 e. The summed E-state index contributed by atoms with van der Waals surface area (Å²) in [6, 6.07) is 1.75. The summed E-state index contributed by atoms with van der Waals surface area (Å²) in [5.74, 6) is 1.56. The molecule has 3 heterocycles. The first-order chi connectivity index (χ1) is 14.6. The van der Waals surface area contributed by atoms with Gasteiger partial charge in [-0.25, -0.2) is 9.97 Å². The van der Waals surface area contributed by atoms with Gasteiger partial charge in [0.25, 0.3) is 0 Å². The number of aromatic nitrogens is 2. The smallest absolute Gasteiger partial charge is 0.230 e. The minimum Gasteiger partial charge on any atom is -0.354 e. The van der Waals surface area contributed by atoms with Gasteiger partial charge in [-0.15, -0.1) is 0 Å². The molecule has 0 spiro atoms. The molecule has 4 rings (SSSR count). The first-order valence-corrected chi connectivity index (χ1v) is 12.1. The SMILES string of the molecule is O=C(CSc1nc(Cl)cc(N2CCN(C(=O)C3CC3)CC2)n1)NCCN1CCCC1. The second-order valence-corrected chi connectivity index (χ2v) is 9.44. The number of hydrogen-bond acceptors (Lipinski definition) is 7. The summed E-state index contributed by atoms with van der Waals surface area (Å²) in [6.07, 6.45) is 4.58. The first-order valence-electron chi connectivity index (χ1n) is 10.8. The van der Waals surface area contributed by atoms with Crippen molar-refractivity contribution in [1.29, 1.82) is 0 Å². The second-order valence-electron chi connectivity index (χ2n) is 8.11. The zero-order chi connectivity index (χ0) is 20.9. The zero-order valence-electron chi connectivity index (χ0n) is 17.2. The van der Waals surface area contributed by atoms with Gasteiger partial charge in [-0.05, 0) is 38.8 Å². The molecule has 10 heteroatoms. The Morgan fingerprint density at radius 1 is 1.10 bits per heavy atom. The number of piperazine rings is 1. The van der Waals surface area contributed by atoms with Crippen LogP contribution in [0.4, 0.5) is 5.82 Å². The van der Waals surface area contributed by atoms with E-state index in [9.17, 15) is 9.59 Å². The van der Waals surface area contributed by atoms with Crippen molar-refractivity contribution in [2.24, 2.45) is 5.92 Å². The number of nitrogens with zero attached hydrogens (tertiary/aromatic N) is 5. The van der Waals surface area contributed by atoms with E-state index in [0.29, 0.717) is 35.9 Å². The molecule has 0 bridgehead atoms. The Hall–Kier alpha value is -1.58. The van der Waals surface area contributed by atoms with Crippen LogP contribution in [-0.4, -0.2) is 89.7 Å². The Morgan fingerprint density at radius 2 is 1.83 bits per heavy atom. The summed E-state index contributed by atoms with van der Waals surface area (Å²) < 4.78 is 0. The van der Waals surface area contributed by atoms with Crippen LogP contribution in [0.2, 0.25) is 5.15 Å². The van der Waals surface area contributed by atoms with E-state index in [1.165, 1.54) is 24.6 Å². The van der Waals surface area contributed by atoms with Crippen molar-refractivity contribution in [2.45, 2.75) is 30.8 Å². The normalized spacial score (nSPS) is 19.9. The van der Waals surface area contributed by atoms with E-state index < -0.39 is 0 Å². The highest BCUT2D eigenvalue weighted by Crippen LogP contribution is 2.31. The molecule has 0 unspecified atom stereocenters. The van der Waals surface area contributed by atoms with Crippen LogP contribution < -0.4 is 10.2 Å². The average molecular weight is 453 g/mol. The quantitative estimate of drug-likeness (QED) is 0.363. The Labute approximate surface area is 186 Å². The maximum absolute atomic E-state index is 12.2. The molecule has 0 aromatic carbocycles. The number of halogens is 1. The molecule has 8 nitrogen and oxygen atoms in total. The number of carbonyl (C=O) groups is 2. The molecule has 1 saturated carbocycles. The number of hydrogen-bond donors (Lipinski definition) is 1. The van der Waals surface area contributed by atoms with Gasteiger partial charge in [0.1, 0.15) is 11.0 Å². The topological polar surface area (TPSA) is 81.7 Å². The minimum atomic E-state index is -0.0171. The van der Waals surface area contributed by atoms with Crippen molar-refractivity contribution in [2.75, 3.05) is 63.0 Å². The lowest BCUT2D eigenvalue weighted by Crippen LogP contribution is -2.49. The second kappa shape index (κ2) is 10.2. The fourth-order valence-electron chi connectivity index (χ4n) is 3.90. The van der Waals surface area contributed by atoms with Gasteiger partial charge in [-0.3, -0.25) is 9.59 Å². The van der Waals surface area contributed by atoms with E-state index in [1.54, 1.807) is 6.07 Å². The Kier molecular flexibility index (Phi) is 7.32. The van der Waals surface area contributed by atoms with Crippen LogP contribution in [0.25, 0.3) is 0 Å². The van der Waals surface area contributed by atoms with Gasteiger partial charge in [0.05, 0.1) is 5.75 Å². The molecular weight excluding hydrogens is 424 g/mol. The van der Waals surface area contributed by atoms with Crippen LogP contribution in [0.3, 0.4) is 0 Å². The van der Waals surface area contributed by atoms with E-state index in [1.807, 2.05) is 4.90 Å². The van der Waals surface area contributed by atoms with Crippen LogP contribution in [0.15, 0.2) is 11.2 Å². The summed E-state index contributed by atoms with van der Waals surface area (Å²) in [5.41, 5.74) is 0. The maximum atomic E-state index is 12.2. The Balaban J connectivity index is 1.23. The molecule has 164 valence electrons. The molecule has 1 aromatic heterocycles. The van der Waals surface area contributed by atoms with E-state index in [2.05, 4.69) is 25.1 Å². The van der Waals surface area contributed by atoms with Gasteiger partial charge < -0.3 is 20.0 Å². The number of rotatable bonds is 8. The van der Waals surface area contributed by atoms with Crippen molar-refractivity contribution in [3.63, 3.8) is 0 Å². The number of likely N-dealkylation sites (tertiary alicyclic amines) is 1. The molecule has 2 saturated heterocycles. The molecular formula is C20H29ClN6O2S. The average Bonchev–Trinajstić information content (AvgIpc) is 3.48. The number of amides is 2. The fourth-order valence-corrected chi connectivity index (χ4v) is 4.81. The van der Waals surface area contributed by atoms with E-state index >= 15 is 0 Å². The maximum Gasteiger partial charge on any atom is 0.230 e. The Morgan fingerprint density at radius 3 is 2.53 bits per heavy atom. The summed E-state index contributed by atoms with van der Waals surface area (Å²) in [6.45, 7) is 6.71. The lowest BCUT2D eigenvalue weighted by molar-refractivity contribution is -0.132. The molecule has 0 atom stereocenters. The van der Waals surface area contributed by atoms with Gasteiger partial charge in [0.15, 0.2) is 5.16 Å². The van der Waals surface area contributed by atoms with Gasteiger partial charge in [-0.2, -0.15) is 0 Å². The van der Waals surface area contributed by atoms with Crippen LogP contribution in [-0.2, 0) is 9.59 Å². The van der Waals surface area contributed by atoms with Crippen LogP contribution >= 0.6 is 23.4 Å². The van der Waals surface area contributed by atoms with Crippen molar-refractivity contribution >= 4 is 41.0 Å². The van der Waals surface area contributed by atoms with Crippen LogP contribution in [0.5, 0.6) is 0 Å². The van der Waals surface area contributed by atoms with E-state index in [0.717, 1.165) is 51.4 Å². The summed E-state index contributed by atoms with van der Waals surface area (Å²) in [5, 5.41) is 3.84. The van der Waals surface area contributed by atoms with Crippen LogP contribution in [0.1, 0.15) is 25.7 Å². The minimum absolute atomic E-state index is 0.0171. The third kappa shape index (κ3) is 5.98. The van der Waals surface area contributed by atoms with E-state index in [4.69, 9.17) is 11.6 Å². The number of nitrogens with one attached hydrogen (secondary N) is 1. The lowest BCUT2D eigenvalue weighted by Gasteiger charge is -2.35. The van der Waals surface area contributed by atoms with Crippen LogP contribution in [0, 0.1) is 5.92 Å². The molecule has 1 aromatic rings. The molecule has 3 fully saturated rings. The van der Waals surface area contributed by atoms with Gasteiger partial charge in [-0.1, -0.05) is 23.4 Å². The number of anilines is 1. The highest BCUT2D eigenvalue weighted by atomic mass is 35.5. The third-order valence-electron chi connectivity index (χ3n) is 5.78. The van der Waals surface area contributed by atoms with Gasteiger partial charge in [0.2, 0.25) is 11.8 Å². The lowest BCUT2D eigenvalue weighted by atomic mass is 10.2. The zero-order valence-corrected chi connectivity index (χ0v) is 18.8. The summed E-state index contributed by atoms with van der Waals surface area (Å²) >= 11 is 7.51. The standard InChI is InChI=1S/C20H29ClN6O2S/c21-16-13-17(26-9-11-27(12-10-26)19(29)15-3-4-15)24-20(23-16)30-14-18(28)22-5-8-25-6-1-2-7-25/h13,15H,1-12,14H2,(H,22,28). The fraction of sp³-hybridized carbons (Fsp3) is 0.700. The highest BCUT2D eigenvalue weighted by molar-refractivity contribution is 7.99. The van der Waals surface area contributed by atoms with Gasteiger partial charge >= 0.3 is 0 Å². The molecule has 1 N–H and O–H groups in total. The molecule has 3 aliphatic rings. The molecule has 1 aliphatic carbocycles. The summed E-state index contributed by atoms with van der Waals surface area (Å²) in [4.78, 5) is 39.7. The first kappa shape index (κ1) is 21.6. The van der Waals surface area contributed by atoms with Crippen molar-refractivity contribution in [3.05, 3.63) is 11.2 Å². The monoisotopic (exact) mass is 452 g/mol. The number of thioether (sulfide) groups is 1. The summed E-state index contributed by atoms with van der Waals surface area (Å²) in [7, 11) is 0. The predicted molar refractivity (Wildman–Crippen MR) is 118 cm³/mol. The molecule has 2 amide bonds. The Bertz CT molecular complexity index is 764. The van der Waals surface area contributed by atoms with Crippen molar-refractivity contribution in [3.8, 4) is 0 Å². The molecule has 2 aliphatic heterocycles. The predicted octanol–water partition coefficient (Wildman–Crippen LogP) is 1.49. The molecule has 0 radical (unpaired) electrons.